The van der Waals surface area contributed by atoms with Gasteiger partial charge in [-0.2, -0.15) is 0 Å². The number of hydrogen-bond donors (Lipinski definition) is 1. The Morgan fingerprint density at radius 2 is 1.62 bits per heavy atom. The summed E-state index contributed by atoms with van der Waals surface area (Å²) in [6.07, 6.45) is 0. The third kappa shape index (κ3) is 4.08. The van der Waals surface area contributed by atoms with Gasteiger partial charge in [-0.25, -0.2) is 4.98 Å². The van der Waals surface area contributed by atoms with E-state index >= 15 is 0 Å². The van der Waals surface area contributed by atoms with Crippen LogP contribution in [-0.2, 0) is 0 Å². The predicted octanol–water partition coefficient (Wildman–Crippen LogP) is 7.42. The van der Waals surface area contributed by atoms with Crippen LogP contribution in [-0.4, -0.2) is 10.9 Å². The van der Waals surface area contributed by atoms with Gasteiger partial charge in [-0.1, -0.05) is 76.8 Å². The monoisotopic (exact) mass is 440 g/mol. The first kappa shape index (κ1) is 19.7. The first-order chi connectivity index (χ1) is 13.9. The molecular weight excluding hydrogens is 427 g/mol. The molecule has 144 valence electrons. The molecule has 0 aliphatic rings. The number of carbonyl (C=O) groups is 1. The zero-order chi connectivity index (χ0) is 20.5. The van der Waals surface area contributed by atoms with E-state index in [9.17, 15) is 4.79 Å². The average molecular weight is 442 g/mol. The first-order valence-electron chi connectivity index (χ1n) is 8.85. The van der Waals surface area contributed by atoms with Crippen molar-refractivity contribution in [2.24, 2.45) is 0 Å². The number of anilines is 1. The molecule has 0 saturated heterocycles. The fraction of sp³-hybridized carbons (Fsp3) is 0.0435. The Hall–Kier alpha value is -2.59. The quantitative estimate of drug-likeness (QED) is 0.336. The summed E-state index contributed by atoms with van der Waals surface area (Å²) < 4.78 is 0. The number of aryl methyl sites for hydroxylation is 1. The number of amides is 1. The molecule has 0 unspecified atom stereocenters. The second-order valence-electron chi connectivity index (χ2n) is 6.64. The Labute approximate surface area is 183 Å². The van der Waals surface area contributed by atoms with Crippen LogP contribution in [0.3, 0.4) is 0 Å². The van der Waals surface area contributed by atoms with Crippen molar-refractivity contribution in [3.8, 4) is 11.3 Å². The number of hydrogen-bond acceptors (Lipinski definition) is 2. The average Bonchev–Trinajstić information content (AvgIpc) is 2.71. The second-order valence-corrected chi connectivity index (χ2v) is 7.86. The van der Waals surface area contributed by atoms with Crippen LogP contribution in [0.1, 0.15) is 15.9 Å². The highest BCUT2D eigenvalue weighted by atomic mass is 35.5. The molecule has 0 bridgehead atoms. The Balaban J connectivity index is 1.82. The van der Waals surface area contributed by atoms with Gasteiger partial charge >= 0.3 is 0 Å². The van der Waals surface area contributed by atoms with Crippen LogP contribution in [0.15, 0.2) is 66.7 Å². The molecule has 1 aromatic heterocycles. The highest BCUT2D eigenvalue weighted by molar-refractivity contribution is 6.44. The lowest BCUT2D eigenvalue weighted by Crippen LogP contribution is -2.13. The van der Waals surface area contributed by atoms with Crippen LogP contribution in [0.25, 0.3) is 22.2 Å². The van der Waals surface area contributed by atoms with E-state index in [0.29, 0.717) is 26.3 Å². The maximum atomic E-state index is 13.2. The fourth-order valence-corrected chi connectivity index (χ4v) is 3.72. The van der Waals surface area contributed by atoms with Crippen LogP contribution in [0.2, 0.25) is 15.1 Å². The number of aromatic nitrogens is 1. The lowest BCUT2D eigenvalue weighted by molar-refractivity contribution is 0.102. The molecule has 0 saturated carbocycles. The molecule has 6 heteroatoms. The van der Waals surface area contributed by atoms with E-state index in [1.165, 1.54) is 12.1 Å². The zero-order valence-electron chi connectivity index (χ0n) is 15.3. The van der Waals surface area contributed by atoms with Gasteiger partial charge in [0.25, 0.3) is 5.91 Å². The molecule has 3 nitrogen and oxygen atoms in total. The summed E-state index contributed by atoms with van der Waals surface area (Å²) in [7, 11) is 0. The molecule has 29 heavy (non-hydrogen) atoms. The van der Waals surface area contributed by atoms with Gasteiger partial charge in [0, 0.05) is 10.9 Å². The first-order valence-corrected chi connectivity index (χ1v) is 9.98. The molecule has 1 heterocycles. The molecule has 0 aliphatic carbocycles. The van der Waals surface area contributed by atoms with Gasteiger partial charge in [-0.3, -0.25) is 4.79 Å². The summed E-state index contributed by atoms with van der Waals surface area (Å²) in [6.45, 7) is 2.02. The minimum absolute atomic E-state index is 0.308. The van der Waals surface area contributed by atoms with Crippen molar-refractivity contribution in [1.29, 1.82) is 0 Å². The Morgan fingerprint density at radius 1 is 0.862 bits per heavy atom. The van der Waals surface area contributed by atoms with Crippen molar-refractivity contribution in [1.82, 2.24) is 4.98 Å². The third-order valence-corrected chi connectivity index (χ3v) is 5.57. The molecule has 0 aliphatic heterocycles. The van der Waals surface area contributed by atoms with Crippen LogP contribution in [0, 0.1) is 6.92 Å². The largest absolute Gasteiger partial charge is 0.321 e. The molecule has 4 rings (SSSR count). The number of rotatable bonds is 3. The van der Waals surface area contributed by atoms with Gasteiger partial charge in [0.1, 0.15) is 0 Å². The molecule has 3 aromatic carbocycles. The van der Waals surface area contributed by atoms with Crippen molar-refractivity contribution in [3.05, 3.63) is 92.9 Å². The molecular formula is C23H15Cl3N2O. The van der Waals surface area contributed by atoms with E-state index in [1.54, 1.807) is 6.07 Å². The van der Waals surface area contributed by atoms with Crippen molar-refractivity contribution in [2.75, 3.05) is 5.32 Å². The second kappa shape index (κ2) is 8.03. The molecule has 1 N–H and O–H groups in total. The summed E-state index contributed by atoms with van der Waals surface area (Å²) in [5.41, 5.74) is 4.40. The number of para-hydroxylation sites is 1. The van der Waals surface area contributed by atoms with Crippen LogP contribution in [0.5, 0.6) is 0 Å². The van der Waals surface area contributed by atoms with Crippen molar-refractivity contribution < 1.29 is 4.79 Å². The van der Waals surface area contributed by atoms with Gasteiger partial charge in [-0.05, 0) is 37.3 Å². The number of carbonyl (C=O) groups excluding carboxylic acids is 1. The number of pyridine rings is 1. The smallest absolute Gasteiger partial charge is 0.256 e. The van der Waals surface area contributed by atoms with Gasteiger partial charge in [-0.15, -0.1) is 0 Å². The van der Waals surface area contributed by atoms with E-state index in [0.717, 1.165) is 27.7 Å². The summed E-state index contributed by atoms with van der Waals surface area (Å²) in [6, 6.07) is 20.4. The summed E-state index contributed by atoms with van der Waals surface area (Å²) in [5.74, 6) is -0.308. The normalized spacial score (nSPS) is 10.9. The van der Waals surface area contributed by atoms with E-state index in [4.69, 9.17) is 39.8 Å². The lowest BCUT2D eigenvalue weighted by Gasteiger charge is -2.12. The fourth-order valence-electron chi connectivity index (χ4n) is 3.12. The Bertz CT molecular complexity index is 1250. The molecule has 1 amide bonds. The number of nitrogens with one attached hydrogen (secondary N) is 1. The number of halogens is 3. The van der Waals surface area contributed by atoms with E-state index in [2.05, 4.69) is 5.32 Å². The predicted molar refractivity (Wildman–Crippen MR) is 121 cm³/mol. The SMILES string of the molecule is Cc1cccc(-c2cc(C(=O)Nc3cc(Cl)c(Cl)cc3Cl)c3ccccc3n2)c1. The summed E-state index contributed by atoms with van der Waals surface area (Å²) >= 11 is 18.3. The van der Waals surface area contributed by atoms with Gasteiger partial charge in [0.05, 0.1) is 37.5 Å². The van der Waals surface area contributed by atoms with Gasteiger partial charge < -0.3 is 5.32 Å². The third-order valence-electron chi connectivity index (χ3n) is 4.53. The number of fused-ring (bicyclic) bond motifs is 1. The molecule has 4 aromatic rings. The highest BCUT2D eigenvalue weighted by Gasteiger charge is 2.16. The maximum Gasteiger partial charge on any atom is 0.256 e. The van der Waals surface area contributed by atoms with Crippen molar-refractivity contribution in [3.63, 3.8) is 0 Å². The van der Waals surface area contributed by atoms with E-state index in [-0.39, 0.29) is 5.91 Å². The molecule has 0 atom stereocenters. The summed E-state index contributed by atoms with van der Waals surface area (Å²) in [4.78, 5) is 17.9. The highest BCUT2D eigenvalue weighted by Crippen LogP contribution is 2.33. The number of benzene rings is 3. The van der Waals surface area contributed by atoms with Gasteiger partial charge in [0.2, 0.25) is 0 Å². The van der Waals surface area contributed by atoms with Crippen LogP contribution in [0.4, 0.5) is 5.69 Å². The number of nitrogens with zero attached hydrogens (tertiary/aromatic N) is 1. The zero-order valence-corrected chi connectivity index (χ0v) is 17.6. The minimum atomic E-state index is -0.308. The molecule has 0 spiro atoms. The molecule has 0 radical (unpaired) electrons. The van der Waals surface area contributed by atoms with E-state index in [1.807, 2.05) is 55.5 Å². The maximum absolute atomic E-state index is 13.2. The lowest BCUT2D eigenvalue weighted by atomic mass is 10.0. The van der Waals surface area contributed by atoms with Gasteiger partial charge in [0.15, 0.2) is 0 Å². The van der Waals surface area contributed by atoms with Crippen LogP contribution < -0.4 is 5.32 Å². The Kier molecular flexibility index (Phi) is 5.46. The minimum Gasteiger partial charge on any atom is -0.321 e. The standard InChI is InChI=1S/C23H15Cl3N2O/c1-13-5-4-6-14(9-13)21-10-16(15-7-2-3-8-20(15)27-21)23(29)28-22-12-18(25)17(24)11-19(22)26/h2-12H,1H3,(H,28,29). The Morgan fingerprint density at radius 3 is 2.41 bits per heavy atom. The van der Waals surface area contributed by atoms with E-state index < -0.39 is 0 Å². The van der Waals surface area contributed by atoms with Crippen molar-refractivity contribution in [2.45, 2.75) is 6.92 Å². The summed E-state index contributed by atoms with van der Waals surface area (Å²) in [5, 5.41) is 4.53. The molecule has 0 fully saturated rings. The topological polar surface area (TPSA) is 42.0 Å². The van der Waals surface area contributed by atoms with Crippen LogP contribution >= 0.6 is 34.8 Å². The van der Waals surface area contributed by atoms with Crippen molar-refractivity contribution >= 4 is 57.3 Å².